The van der Waals surface area contributed by atoms with Crippen LogP contribution in [-0.2, 0) is 4.79 Å². The van der Waals surface area contributed by atoms with Crippen molar-refractivity contribution in [3.8, 4) is 17.0 Å². The topological polar surface area (TPSA) is 111 Å². The average molecular weight is 477 g/mol. The maximum absolute atomic E-state index is 15.0. The van der Waals surface area contributed by atoms with Crippen molar-refractivity contribution in [1.82, 2.24) is 15.2 Å². The van der Waals surface area contributed by atoms with E-state index >= 15 is 4.39 Å². The molecule has 5 rings (SSSR count). The number of anilines is 1. The molecule has 1 atom stereocenters. The van der Waals surface area contributed by atoms with Crippen LogP contribution < -0.4 is 15.4 Å². The highest BCUT2D eigenvalue weighted by Crippen LogP contribution is 2.29. The minimum Gasteiger partial charge on any atom is -0.484 e. The maximum atomic E-state index is 15.0. The highest BCUT2D eigenvalue weighted by Gasteiger charge is 2.24. The van der Waals surface area contributed by atoms with Crippen LogP contribution in [0.3, 0.4) is 0 Å². The highest BCUT2D eigenvalue weighted by atomic mass is 19.1. The predicted molar refractivity (Wildman–Crippen MR) is 125 cm³/mol. The standard InChI is InChI=1S/C25H24FN5O4/c26-19-14-17(21-15-23(35-29-21)25(27)20-8-13-34-28-20)6-7-22(19)30-9-11-31(12-10-30)24(32)16-33-18-4-2-1-3-5-18/h1-8,13-15,25H,9-12,16,27H2. The van der Waals surface area contributed by atoms with Gasteiger partial charge in [0, 0.05) is 43.9 Å². The van der Waals surface area contributed by atoms with E-state index in [1.807, 2.05) is 35.2 Å². The first-order valence-electron chi connectivity index (χ1n) is 11.2. The molecule has 10 heteroatoms. The van der Waals surface area contributed by atoms with E-state index in [4.69, 9.17) is 19.5 Å². The van der Waals surface area contributed by atoms with Crippen LogP contribution in [0.25, 0.3) is 11.3 Å². The van der Waals surface area contributed by atoms with Gasteiger partial charge in [0.2, 0.25) is 0 Å². The third-order valence-corrected chi connectivity index (χ3v) is 5.93. The summed E-state index contributed by atoms with van der Waals surface area (Å²) in [4.78, 5) is 16.1. The van der Waals surface area contributed by atoms with Gasteiger partial charge in [-0.3, -0.25) is 4.79 Å². The van der Waals surface area contributed by atoms with Gasteiger partial charge in [-0.2, -0.15) is 0 Å². The van der Waals surface area contributed by atoms with Gasteiger partial charge in [0.25, 0.3) is 5.91 Å². The number of amides is 1. The summed E-state index contributed by atoms with van der Waals surface area (Å²) in [6, 6.07) is 16.8. The molecule has 1 unspecified atom stereocenters. The molecule has 2 aromatic heterocycles. The number of ether oxygens (including phenoxy) is 1. The second kappa shape index (κ2) is 9.98. The second-order valence-corrected chi connectivity index (χ2v) is 8.15. The molecule has 1 aliphatic rings. The van der Waals surface area contributed by atoms with Crippen molar-refractivity contribution < 1.29 is 23.0 Å². The molecule has 3 heterocycles. The molecule has 2 N–H and O–H groups in total. The number of piperazine rings is 1. The number of para-hydroxylation sites is 1. The average Bonchev–Trinajstić information content (AvgIpc) is 3.61. The number of aromatic nitrogens is 2. The third kappa shape index (κ3) is 5.02. The molecule has 1 aliphatic heterocycles. The Morgan fingerprint density at radius 3 is 2.57 bits per heavy atom. The number of carbonyl (C=O) groups excluding carboxylic acids is 1. The molecule has 9 nitrogen and oxygen atoms in total. The number of rotatable bonds is 7. The Kier molecular flexibility index (Phi) is 6.44. The van der Waals surface area contributed by atoms with Crippen molar-refractivity contribution in [1.29, 1.82) is 0 Å². The lowest BCUT2D eigenvalue weighted by Gasteiger charge is -2.36. The molecule has 180 valence electrons. The van der Waals surface area contributed by atoms with Crippen LogP contribution >= 0.6 is 0 Å². The van der Waals surface area contributed by atoms with Crippen LogP contribution in [0.5, 0.6) is 5.75 Å². The summed E-state index contributed by atoms with van der Waals surface area (Å²) in [7, 11) is 0. The summed E-state index contributed by atoms with van der Waals surface area (Å²) in [5.41, 5.74) is 8.14. The Bertz CT molecular complexity index is 1270. The first kappa shape index (κ1) is 22.6. The van der Waals surface area contributed by atoms with E-state index in [-0.39, 0.29) is 18.3 Å². The van der Waals surface area contributed by atoms with E-state index in [0.717, 1.165) is 0 Å². The molecule has 0 bridgehead atoms. The number of nitrogens with two attached hydrogens (primary N) is 1. The molecule has 0 aliphatic carbocycles. The van der Waals surface area contributed by atoms with Crippen molar-refractivity contribution in [3.05, 3.63) is 84.2 Å². The lowest BCUT2D eigenvalue weighted by Crippen LogP contribution is -2.50. The Hall–Kier alpha value is -4.18. The van der Waals surface area contributed by atoms with E-state index in [1.54, 1.807) is 29.2 Å². The van der Waals surface area contributed by atoms with E-state index in [1.165, 1.54) is 12.3 Å². The number of nitrogens with zero attached hydrogens (tertiary/aromatic N) is 4. The monoisotopic (exact) mass is 477 g/mol. The van der Waals surface area contributed by atoms with Crippen molar-refractivity contribution in [2.75, 3.05) is 37.7 Å². The zero-order valence-corrected chi connectivity index (χ0v) is 18.8. The van der Waals surface area contributed by atoms with Gasteiger partial charge in [0.05, 0.1) is 5.69 Å². The van der Waals surface area contributed by atoms with Crippen LogP contribution in [0.15, 0.2) is 76.0 Å². The van der Waals surface area contributed by atoms with Gasteiger partial charge in [-0.1, -0.05) is 34.6 Å². The van der Waals surface area contributed by atoms with E-state index in [0.29, 0.717) is 60.3 Å². The van der Waals surface area contributed by atoms with Gasteiger partial charge in [-0.05, 0) is 24.3 Å². The largest absolute Gasteiger partial charge is 0.484 e. The fraction of sp³-hybridized carbons (Fsp3) is 0.240. The lowest BCUT2D eigenvalue weighted by molar-refractivity contribution is -0.133. The summed E-state index contributed by atoms with van der Waals surface area (Å²) in [6.07, 6.45) is 1.43. The molecular formula is C25H24FN5O4. The molecule has 1 saturated heterocycles. The molecular weight excluding hydrogens is 453 g/mol. The van der Waals surface area contributed by atoms with Crippen molar-refractivity contribution in [3.63, 3.8) is 0 Å². The number of hydrogen-bond donors (Lipinski definition) is 1. The summed E-state index contributed by atoms with van der Waals surface area (Å²) in [5.74, 6) is 0.589. The molecule has 35 heavy (non-hydrogen) atoms. The van der Waals surface area contributed by atoms with Crippen LogP contribution in [0.1, 0.15) is 17.5 Å². The van der Waals surface area contributed by atoms with Gasteiger partial charge < -0.3 is 29.3 Å². The third-order valence-electron chi connectivity index (χ3n) is 5.93. The normalized spacial score (nSPS) is 14.7. The smallest absolute Gasteiger partial charge is 0.260 e. The first-order chi connectivity index (χ1) is 17.1. The molecule has 0 saturated carbocycles. The van der Waals surface area contributed by atoms with Crippen LogP contribution in [-0.4, -0.2) is 53.9 Å². The van der Waals surface area contributed by atoms with Crippen molar-refractivity contribution in [2.24, 2.45) is 5.73 Å². The van der Waals surface area contributed by atoms with Crippen LogP contribution in [0.2, 0.25) is 0 Å². The van der Waals surface area contributed by atoms with Gasteiger partial charge in [0.15, 0.2) is 12.4 Å². The Labute approximate surface area is 200 Å². The Balaban J connectivity index is 1.19. The second-order valence-electron chi connectivity index (χ2n) is 8.15. The fourth-order valence-electron chi connectivity index (χ4n) is 3.97. The Morgan fingerprint density at radius 2 is 1.86 bits per heavy atom. The number of halogens is 1. The molecule has 2 aromatic carbocycles. The molecule has 0 spiro atoms. The van der Waals surface area contributed by atoms with Crippen molar-refractivity contribution in [2.45, 2.75) is 6.04 Å². The molecule has 0 radical (unpaired) electrons. The first-order valence-corrected chi connectivity index (χ1v) is 11.2. The summed E-state index contributed by atoms with van der Waals surface area (Å²) in [5, 5.41) is 7.83. The molecule has 1 amide bonds. The summed E-state index contributed by atoms with van der Waals surface area (Å²) in [6.45, 7) is 2.00. The van der Waals surface area contributed by atoms with Gasteiger partial charge in [-0.25, -0.2) is 4.39 Å². The molecule has 1 fully saturated rings. The SMILES string of the molecule is NC(c1ccon1)c1cc(-c2ccc(N3CCN(C(=O)COc4ccccc4)CC3)c(F)c2)no1. The van der Waals surface area contributed by atoms with Crippen molar-refractivity contribution >= 4 is 11.6 Å². The van der Waals surface area contributed by atoms with E-state index in [9.17, 15) is 4.79 Å². The number of hydrogen-bond acceptors (Lipinski definition) is 8. The lowest BCUT2D eigenvalue weighted by atomic mass is 10.1. The summed E-state index contributed by atoms with van der Waals surface area (Å²) < 4.78 is 30.7. The van der Waals surface area contributed by atoms with E-state index in [2.05, 4.69) is 10.3 Å². The highest BCUT2D eigenvalue weighted by molar-refractivity contribution is 5.78. The van der Waals surface area contributed by atoms with Gasteiger partial charge in [-0.15, -0.1) is 0 Å². The summed E-state index contributed by atoms with van der Waals surface area (Å²) >= 11 is 0. The van der Waals surface area contributed by atoms with Crippen LogP contribution in [0.4, 0.5) is 10.1 Å². The predicted octanol–water partition coefficient (Wildman–Crippen LogP) is 3.24. The van der Waals surface area contributed by atoms with Crippen LogP contribution in [0, 0.1) is 5.82 Å². The number of benzene rings is 2. The van der Waals surface area contributed by atoms with Gasteiger partial charge in [0.1, 0.15) is 35.3 Å². The van der Waals surface area contributed by atoms with E-state index < -0.39 is 6.04 Å². The minimum absolute atomic E-state index is 0.0208. The zero-order valence-electron chi connectivity index (χ0n) is 18.8. The Morgan fingerprint density at radius 1 is 1.06 bits per heavy atom. The zero-order chi connectivity index (χ0) is 24.2. The quantitative estimate of drug-likeness (QED) is 0.432. The number of carbonyl (C=O) groups is 1. The van der Waals surface area contributed by atoms with Gasteiger partial charge >= 0.3 is 0 Å². The fourth-order valence-corrected chi connectivity index (χ4v) is 3.97. The minimum atomic E-state index is -0.629. The molecule has 4 aromatic rings. The maximum Gasteiger partial charge on any atom is 0.260 e.